The topological polar surface area (TPSA) is 38.1 Å². The van der Waals surface area contributed by atoms with Crippen LogP contribution in [0, 0.1) is 6.92 Å². The summed E-state index contributed by atoms with van der Waals surface area (Å²) in [5.41, 5.74) is 4.15. The molecule has 0 saturated carbocycles. The number of benzene rings is 1. The van der Waals surface area contributed by atoms with E-state index in [0.717, 1.165) is 41.5 Å². The third-order valence-electron chi connectivity index (χ3n) is 4.61. The highest BCUT2D eigenvalue weighted by atomic mass is 16.2. The van der Waals surface area contributed by atoms with Gasteiger partial charge in [0.1, 0.15) is 5.69 Å². The van der Waals surface area contributed by atoms with E-state index in [1.807, 2.05) is 34.7 Å². The number of amides is 1. The quantitative estimate of drug-likeness (QED) is 0.673. The van der Waals surface area contributed by atoms with E-state index in [1.54, 1.807) is 12.4 Å². The Balaban J connectivity index is 1.92. The lowest BCUT2D eigenvalue weighted by molar-refractivity contribution is 0.0731. The number of hydrogen-bond acceptors (Lipinski definition) is 2. The smallest absolute Gasteiger partial charge is 0.270 e. The first-order valence-corrected chi connectivity index (χ1v) is 8.84. The van der Waals surface area contributed by atoms with Gasteiger partial charge in [-0.2, -0.15) is 0 Å². The highest BCUT2D eigenvalue weighted by molar-refractivity contribution is 5.98. The Morgan fingerprint density at radius 3 is 2.64 bits per heavy atom. The summed E-state index contributed by atoms with van der Waals surface area (Å²) < 4.78 is 2.01. The van der Waals surface area contributed by atoms with Crippen molar-refractivity contribution in [1.82, 2.24) is 14.5 Å². The lowest BCUT2D eigenvalue weighted by Gasteiger charge is -2.23. The summed E-state index contributed by atoms with van der Waals surface area (Å²) in [7, 11) is 1.97. The molecule has 3 aromatic rings. The Kier molecular flexibility index (Phi) is 5.17. The van der Waals surface area contributed by atoms with Crippen molar-refractivity contribution in [2.24, 2.45) is 7.05 Å². The molecule has 0 atom stereocenters. The molecule has 0 bridgehead atoms. The van der Waals surface area contributed by atoms with Crippen LogP contribution in [-0.4, -0.2) is 26.9 Å². The van der Waals surface area contributed by atoms with E-state index in [1.165, 1.54) is 5.56 Å². The molecule has 4 heteroatoms. The Morgan fingerprint density at radius 1 is 1.16 bits per heavy atom. The maximum absolute atomic E-state index is 13.2. The first-order chi connectivity index (χ1) is 12.1. The number of nitrogens with zero attached hydrogens (tertiary/aromatic N) is 3. The molecule has 1 aromatic carbocycles. The highest BCUT2D eigenvalue weighted by Gasteiger charge is 2.20. The lowest BCUT2D eigenvalue weighted by atomic mass is 10.2. The molecule has 1 amide bonds. The van der Waals surface area contributed by atoms with Crippen molar-refractivity contribution in [1.29, 1.82) is 0 Å². The molecule has 0 radical (unpaired) electrons. The Hall–Kier alpha value is -2.62. The first kappa shape index (κ1) is 17.2. The number of carbonyl (C=O) groups excluding carboxylic acids is 1. The van der Waals surface area contributed by atoms with Gasteiger partial charge in [0, 0.05) is 43.4 Å². The number of fused-ring (bicyclic) bond motifs is 1. The molecule has 4 nitrogen and oxygen atoms in total. The summed E-state index contributed by atoms with van der Waals surface area (Å²) in [5.74, 6) is 0.0848. The molecule has 25 heavy (non-hydrogen) atoms. The third kappa shape index (κ3) is 3.73. The van der Waals surface area contributed by atoms with Gasteiger partial charge in [0.2, 0.25) is 0 Å². The fourth-order valence-electron chi connectivity index (χ4n) is 3.12. The molecule has 2 aromatic heterocycles. The molecule has 2 heterocycles. The van der Waals surface area contributed by atoms with Gasteiger partial charge in [-0.1, -0.05) is 25.5 Å². The summed E-state index contributed by atoms with van der Waals surface area (Å²) >= 11 is 0. The van der Waals surface area contributed by atoms with Gasteiger partial charge in [-0.25, -0.2) is 0 Å². The highest BCUT2D eigenvalue weighted by Crippen LogP contribution is 2.22. The van der Waals surface area contributed by atoms with E-state index < -0.39 is 0 Å². The molecule has 0 fully saturated rings. The van der Waals surface area contributed by atoms with Gasteiger partial charge >= 0.3 is 0 Å². The second kappa shape index (κ2) is 7.51. The molecule has 0 spiro atoms. The largest absolute Gasteiger partial charge is 0.340 e. The summed E-state index contributed by atoms with van der Waals surface area (Å²) in [6.45, 7) is 5.60. The minimum Gasteiger partial charge on any atom is -0.340 e. The van der Waals surface area contributed by atoms with Gasteiger partial charge in [0.15, 0.2) is 0 Å². The fraction of sp³-hybridized carbons (Fsp3) is 0.333. The zero-order valence-corrected chi connectivity index (χ0v) is 15.2. The second-order valence-corrected chi connectivity index (χ2v) is 6.59. The zero-order valence-electron chi connectivity index (χ0n) is 15.2. The Morgan fingerprint density at radius 2 is 1.92 bits per heavy atom. The van der Waals surface area contributed by atoms with Crippen molar-refractivity contribution in [2.45, 2.75) is 33.2 Å². The monoisotopic (exact) mass is 335 g/mol. The number of aromatic nitrogens is 2. The van der Waals surface area contributed by atoms with Crippen LogP contribution < -0.4 is 0 Å². The average Bonchev–Trinajstić information content (AvgIpc) is 2.95. The van der Waals surface area contributed by atoms with Crippen LogP contribution >= 0.6 is 0 Å². The van der Waals surface area contributed by atoms with Gasteiger partial charge in [-0.3, -0.25) is 9.78 Å². The lowest BCUT2D eigenvalue weighted by Crippen LogP contribution is -2.32. The Bertz CT molecular complexity index is 867. The van der Waals surface area contributed by atoms with E-state index in [2.05, 4.69) is 37.0 Å². The van der Waals surface area contributed by atoms with Crippen LogP contribution in [0.4, 0.5) is 0 Å². The Labute approximate surface area is 149 Å². The molecule has 0 N–H and O–H groups in total. The maximum atomic E-state index is 13.2. The molecule has 0 aliphatic heterocycles. The van der Waals surface area contributed by atoms with Crippen molar-refractivity contribution >= 4 is 16.8 Å². The van der Waals surface area contributed by atoms with E-state index in [9.17, 15) is 4.79 Å². The fourth-order valence-corrected chi connectivity index (χ4v) is 3.12. The molecule has 130 valence electrons. The van der Waals surface area contributed by atoms with Crippen molar-refractivity contribution in [2.75, 3.05) is 6.54 Å². The van der Waals surface area contributed by atoms with Crippen LogP contribution in [0.25, 0.3) is 10.9 Å². The van der Waals surface area contributed by atoms with Crippen LogP contribution in [0.3, 0.4) is 0 Å². The van der Waals surface area contributed by atoms with E-state index >= 15 is 0 Å². The minimum absolute atomic E-state index is 0.0848. The summed E-state index contributed by atoms with van der Waals surface area (Å²) in [6, 6.07) is 12.2. The van der Waals surface area contributed by atoms with Crippen LogP contribution in [-0.2, 0) is 13.6 Å². The number of pyridine rings is 1. The SMILES string of the molecule is CCCCN(Cc1ccncc1)C(=O)c1cc2ccc(C)cc2n1C. The van der Waals surface area contributed by atoms with Crippen molar-refractivity contribution in [3.8, 4) is 0 Å². The average molecular weight is 335 g/mol. The molecule has 0 saturated heterocycles. The van der Waals surface area contributed by atoms with E-state index in [-0.39, 0.29) is 5.91 Å². The van der Waals surface area contributed by atoms with Crippen LogP contribution in [0.15, 0.2) is 48.8 Å². The predicted molar refractivity (Wildman–Crippen MR) is 102 cm³/mol. The zero-order chi connectivity index (χ0) is 17.8. The standard InChI is InChI=1S/C21H25N3O/c1-4-5-12-24(15-17-8-10-22-11-9-17)21(25)20-14-18-7-6-16(2)13-19(18)23(20)3/h6-11,13-14H,4-5,12,15H2,1-3H3. The van der Waals surface area contributed by atoms with Crippen LogP contribution in [0.5, 0.6) is 0 Å². The summed E-state index contributed by atoms with van der Waals surface area (Å²) in [4.78, 5) is 19.2. The predicted octanol–water partition coefficient (Wildman–Crippen LogP) is 4.32. The van der Waals surface area contributed by atoms with Crippen LogP contribution in [0.1, 0.15) is 41.4 Å². The van der Waals surface area contributed by atoms with Gasteiger partial charge in [-0.05, 0) is 48.7 Å². The van der Waals surface area contributed by atoms with Crippen LogP contribution in [0.2, 0.25) is 0 Å². The normalized spacial score (nSPS) is 11.0. The molecule has 0 aliphatic carbocycles. The van der Waals surface area contributed by atoms with E-state index in [4.69, 9.17) is 0 Å². The summed E-state index contributed by atoms with van der Waals surface area (Å²) in [6.07, 6.45) is 5.61. The molecular formula is C21H25N3O. The third-order valence-corrected chi connectivity index (χ3v) is 4.61. The minimum atomic E-state index is 0.0848. The second-order valence-electron chi connectivity index (χ2n) is 6.59. The summed E-state index contributed by atoms with van der Waals surface area (Å²) in [5, 5.41) is 1.11. The van der Waals surface area contributed by atoms with Crippen molar-refractivity contribution < 1.29 is 4.79 Å². The maximum Gasteiger partial charge on any atom is 0.270 e. The van der Waals surface area contributed by atoms with Gasteiger partial charge in [-0.15, -0.1) is 0 Å². The van der Waals surface area contributed by atoms with Crippen molar-refractivity contribution in [3.63, 3.8) is 0 Å². The number of rotatable bonds is 6. The number of aryl methyl sites for hydroxylation is 2. The molecular weight excluding hydrogens is 310 g/mol. The number of unbranched alkanes of at least 4 members (excludes halogenated alkanes) is 1. The first-order valence-electron chi connectivity index (χ1n) is 8.84. The number of hydrogen-bond donors (Lipinski definition) is 0. The van der Waals surface area contributed by atoms with Gasteiger partial charge < -0.3 is 9.47 Å². The van der Waals surface area contributed by atoms with Gasteiger partial charge in [0.05, 0.1) is 0 Å². The van der Waals surface area contributed by atoms with E-state index in [0.29, 0.717) is 6.54 Å². The molecule has 0 unspecified atom stereocenters. The van der Waals surface area contributed by atoms with Crippen molar-refractivity contribution in [3.05, 3.63) is 65.6 Å². The molecule has 0 aliphatic rings. The molecule has 3 rings (SSSR count). The van der Waals surface area contributed by atoms with Gasteiger partial charge in [0.25, 0.3) is 5.91 Å². The number of carbonyl (C=O) groups is 1.